The second-order valence-corrected chi connectivity index (χ2v) is 7.04. The number of phenolic OH excluding ortho intramolecular Hbond substituents is 1. The number of rotatable bonds is 6. The van der Waals surface area contributed by atoms with Gasteiger partial charge in [-0.3, -0.25) is 14.6 Å². The van der Waals surface area contributed by atoms with Crippen molar-refractivity contribution in [2.75, 3.05) is 18.9 Å². The van der Waals surface area contributed by atoms with E-state index in [2.05, 4.69) is 4.98 Å². The molecule has 0 aliphatic carbocycles. The number of H-pyrrole nitrogens is 1. The van der Waals surface area contributed by atoms with E-state index in [0.29, 0.717) is 35.6 Å². The Balaban J connectivity index is 0.000000610. The summed E-state index contributed by atoms with van der Waals surface area (Å²) in [4.78, 5) is 36.5. The van der Waals surface area contributed by atoms with Gasteiger partial charge in [-0.05, 0) is 63.1 Å². The number of carbonyl (C=O) groups is 2. The van der Waals surface area contributed by atoms with Crippen molar-refractivity contribution in [2.45, 2.75) is 54.4 Å². The van der Waals surface area contributed by atoms with Crippen LogP contribution in [0.1, 0.15) is 65.5 Å². The number of anilines is 1. The molecule has 0 fully saturated rings. The molecule has 2 unspecified atom stereocenters. The number of esters is 2. The number of benzene rings is 2. The van der Waals surface area contributed by atoms with Crippen molar-refractivity contribution in [3.8, 4) is 5.75 Å². The molecule has 188 valence electrons. The van der Waals surface area contributed by atoms with Crippen LogP contribution in [-0.4, -0.2) is 35.2 Å². The molecule has 0 saturated heterocycles. The van der Waals surface area contributed by atoms with Gasteiger partial charge < -0.3 is 24.7 Å². The third kappa shape index (κ3) is 7.68. The number of phenols is 1. The van der Waals surface area contributed by atoms with Crippen LogP contribution in [0.3, 0.4) is 0 Å². The number of nitrogens with two attached hydrogens (primary N) is 1. The minimum Gasteiger partial charge on any atom is -0.506 e. The van der Waals surface area contributed by atoms with Gasteiger partial charge >= 0.3 is 17.7 Å². The lowest BCUT2D eigenvalue weighted by molar-refractivity contribution is -0.145. The zero-order valence-corrected chi connectivity index (χ0v) is 18.5. The van der Waals surface area contributed by atoms with Gasteiger partial charge in [0, 0.05) is 0 Å². The van der Waals surface area contributed by atoms with Crippen molar-refractivity contribution in [2.24, 2.45) is 0 Å². The van der Waals surface area contributed by atoms with Gasteiger partial charge in [-0.25, -0.2) is 4.79 Å². The molecule has 0 spiro atoms. The first-order valence-corrected chi connectivity index (χ1v) is 10.2. The molecule has 34 heavy (non-hydrogen) atoms. The summed E-state index contributed by atoms with van der Waals surface area (Å²) in [5.74, 6) is -1.87. The van der Waals surface area contributed by atoms with Gasteiger partial charge in [0.05, 0.1) is 36.3 Å². The summed E-state index contributed by atoms with van der Waals surface area (Å²) in [7, 11) is 0. The summed E-state index contributed by atoms with van der Waals surface area (Å²) >= 11 is 0. The number of aromatic amines is 1. The van der Waals surface area contributed by atoms with Crippen LogP contribution >= 0.6 is 0 Å². The highest BCUT2D eigenvalue weighted by Gasteiger charge is 2.18. The second kappa shape index (κ2) is 13.7. The van der Waals surface area contributed by atoms with Crippen molar-refractivity contribution in [1.29, 1.82) is 0 Å². The maximum Gasteiger partial charge on any atom is 0.417 e. The minimum absolute atomic E-state index is 0. The van der Waals surface area contributed by atoms with Crippen LogP contribution < -0.4 is 11.5 Å². The number of ether oxygens (including phenoxy) is 2. The van der Waals surface area contributed by atoms with Crippen LogP contribution in [-0.2, 0) is 19.1 Å². The van der Waals surface area contributed by atoms with E-state index in [-0.39, 0.29) is 38.5 Å². The first-order chi connectivity index (χ1) is 15.2. The van der Waals surface area contributed by atoms with Crippen LogP contribution in [0.5, 0.6) is 5.75 Å². The second-order valence-electron chi connectivity index (χ2n) is 7.04. The molecule has 0 radical (unpaired) electrons. The fraction of sp³-hybridized carbons (Fsp3) is 0.400. The van der Waals surface area contributed by atoms with Crippen LogP contribution in [0.4, 0.5) is 5.69 Å². The summed E-state index contributed by atoms with van der Waals surface area (Å²) in [6, 6.07) is 9.92. The highest BCUT2D eigenvalue weighted by Crippen LogP contribution is 2.26. The van der Waals surface area contributed by atoms with E-state index >= 15 is 0 Å². The molecule has 4 N–H and O–H groups in total. The maximum absolute atomic E-state index is 11.6. The van der Waals surface area contributed by atoms with Gasteiger partial charge in [0.25, 0.3) is 0 Å². The van der Waals surface area contributed by atoms with Crippen molar-refractivity contribution >= 4 is 28.7 Å². The lowest BCUT2D eigenvalue weighted by Crippen LogP contribution is -2.12. The van der Waals surface area contributed by atoms with Gasteiger partial charge in [-0.2, -0.15) is 0 Å². The number of aromatic nitrogens is 1. The molecular formula is C25H36N2O7. The molecule has 2 aromatic carbocycles. The molecule has 1 aromatic heterocycles. The molecule has 0 saturated carbocycles. The number of oxazole rings is 1. The summed E-state index contributed by atoms with van der Waals surface area (Å²) < 4.78 is 14.7. The molecule has 0 aliphatic rings. The van der Waals surface area contributed by atoms with Crippen LogP contribution in [0.2, 0.25) is 0 Å². The highest BCUT2D eigenvalue weighted by molar-refractivity contribution is 5.81. The summed E-state index contributed by atoms with van der Waals surface area (Å²) in [6.07, 6.45) is 0. The van der Waals surface area contributed by atoms with Gasteiger partial charge in [0.1, 0.15) is 5.75 Å². The molecule has 0 amide bonds. The molecule has 9 heteroatoms. The first kappa shape index (κ1) is 30.2. The number of aromatic hydroxyl groups is 1. The Hall–Kier alpha value is -3.75. The molecule has 2 atom stereocenters. The van der Waals surface area contributed by atoms with Crippen LogP contribution in [0, 0.1) is 0 Å². The van der Waals surface area contributed by atoms with Gasteiger partial charge in [0.2, 0.25) is 0 Å². The van der Waals surface area contributed by atoms with E-state index in [4.69, 9.17) is 19.6 Å². The monoisotopic (exact) mass is 476 g/mol. The number of nitrogen functional groups attached to an aromatic ring is 1. The van der Waals surface area contributed by atoms with Crippen molar-refractivity contribution in [3.63, 3.8) is 0 Å². The average molecular weight is 477 g/mol. The zero-order chi connectivity index (χ0) is 23.8. The molecule has 0 aliphatic heterocycles. The molecule has 9 nitrogen and oxygen atoms in total. The predicted molar refractivity (Wildman–Crippen MR) is 133 cm³/mol. The van der Waals surface area contributed by atoms with E-state index in [1.165, 1.54) is 6.07 Å². The average Bonchev–Trinajstić information content (AvgIpc) is 3.14. The minimum atomic E-state index is -0.499. The van der Waals surface area contributed by atoms with Crippen LogP contribution in [0.15, 0.2) is 45.6 Å². The largest absolute Gasteiger partial charge is 0.506 e. The van der Waals surface area contributed by atoms with Gasteiger partial charge in [0.15, 0.2) is 5.58 Å². The summed E-state index contributed by atoms with van der Waals surface area (Å²) in [5, 5.41) is 9.38. The van der Waals surface area contributed by atoms with E-state index in [9.17, 15) is 19.5 Å². The van der Waals surface area contributed by atoms with E-state index in [0.717, 1.165) is 5.56 Å². The molecule has 3 rings (SSSR count). The lowest BCUT2D eigenvalue weighted by atomic mass is 10.0. The number of fused-ring (bicyclic) bond motifs is 1. The number of nitrogens with one attached hydrogen (secondary N) is 1. The Bertz CT molecular complexity index is 1130. The van der Waals surface area contributed by atoms with Crippen LogP contribution in [0.25, 0.3) is 11.1 Å². The van der Waals surface area contributed by atoms with E-state index in [1.807, 2.05) is 0 Å². The van der Waals surface area contributed by atoms with Crippen molar-refractivity contribution in [3.05, 3.63) is 58.1 Å². The SMILES string of the molecule is C.C.CCOC(=O)C(C)c1ccc(N)c(O)c1.CCOC(=O)C(C)c1ccc2[nH]c(=O)oc2c1. The highest BCUT2D eigenvalue weighted by atomic mass is 16.5. The third-order valence-electron chi connectivity index (χ3n) is 4.78. The van der Waals surface area contributed by atoms with Crippen molar-refractivity contribution in [1.82, 2.24) is 4.98 Å². The quantitative estimate of drug-likeness (QED) is 0.264. The molecular weight excluding hydrogens is 440 g/mol. The number of carbonyl (C=O) groups excluding carboxylic acids is 2. The van der Waals surface area contributed by atoms with E-state index in [1.54, 1.807) is 58.0 Å². The third-order valence-corrected chi connectivity index (χ3v) is 4.78. The topological polar surface area (TPSA) is 145 Å². The fourth-order valence-corrected chi connectivity index (χ4v) is 2.87. The van der Waals surface area contributed by atoms with E-state index < -0.39 is 11.7 Å². The van der Waals surface area contributed by atoms with Crippen molar-refractivity contribution < 1.29 is 28.6 Å². The normalized spacial score (nSPS) is 11.6. The van der Waals surface area contributed by atoms with Gasteiger partial charge in [-0.1, -0.05) is 27.0 Å². The molecule has 1 heterocycles. The smallest absolute Gasteiger partial charge is 0.417 e. The van der Waals surface area contributed by atoms with Gasteiger partial charge in [-0.15, -0.1) is 0 Å². The lowest BCUT2D eigenvalue weighted by Gasteiger charge is -2.11. The number of hydrogen-bond acceptors (Lipinski definition) is 8. The Morgan fingerprint density at radius 1 is 0.971 bits per heavy atom. The first-order valence-electron chi connectivity index (χ1n) is 10.2. The summed E-state index contributed by atoms with van der Waals surface area (Å²) in [5.41, 5.74) is 8.28. The zero-order valence-electron chi connectivity index (χ0n) is 18.5. The molecule has 0 bridgehead atoms. The Morgan fingerprint density at radius 3 is 1.97 bits per heavy atom. The predicted octanol–water partition coefficient (Wildman–Crippen LogP) is 4.70. The maximum atomic E-state index is 11.6. The fourth-order valence-electron chi connectivity index (χ4n) is 2.87. The summed E-state index contributed by atoms with van der Waals surface area (Å²) in [6.45, 7) is 7.70. The number of hydrogen-bond donors (Lipinski definition) is 3. The Labute approximate surface area is 199 Å². The standard InChI is InChI=1S/C12H13NO4.C11H15NO3.2CH4/c1-3-16-11(14)7(2)8-4-5-9-10(6-8)17-12(15)13-9;1-3-15-11(14)7(2)8-4-5-9(12)10(13)6-8;;/h4-7H,3H2,1-2H3,(H,13,15);4-7,13H,3,12H2,1-2H3;2*1H4. The Morgan fingerprint density at radius 2 is 1.47 bits per heavy atom. The molecule has 3 aromatic rings. The Kier molecular flexibility index (Phi) is 12.2.